The van der Waals surface area contributed by atoms with Gasteiger partial charge in [-0.2, -0.15) is 0 Å². The number of fused-ring (bicyclic) bond motifs is 1. The van der Waals surface area contributed by atoms with Crippen molar-refractivity contribution in [3.63, 3.8) is 0 Å². The first-order chi connectivity index (χ1) is 18.5. The zero-order valence-corrected chi connectivity index (χ0v) is 22.4. The number of hydrogen-bond acceptors (Lipinski definition) is 3. The van der Waals surface area contributed by atoms with E-state index in [0.29, 0.717) is 28.7 Å². The zero-order chi connectivity index (χ0) is 26.5. The van der Waals surface area contributed by atoms with E-state index in [1.807, 2.05) is 48.5 Å². The van der Waals surface area contributed by atoms with Crippen LogP contribution in [0.3, 0.4) is 0 Å². The molecule has 2 aliphatic heterocycles. The molecule has 196 valence electrons. The largest absolute Gasteiger partial charge is 0.346 e. The Morgan fingerprint density at radius 1 is 1.11 bits per heavy atom. The number of amides is 2. The lowest BCUT2D eigenvalue weighted by Gasteiger charge is -2.31. The van der Waals surface area contributed by atoms with Gasteiger partial charge in [-0.1, -0.05) is 54.2 Å². The second kappa shape index (κ2) is 12.0. The van der Waals surface area contributed by atoms with Crippen molar-refractivity contribution in [2.75, 3.05) is 24.5 Å². The van der Waals surface area contributed by atoms with Gasteiger partial charge in [0.1, 0.15) is 5.82 Å². The molecule has 1 fully saturated rings. The highest BCUT2D eigenvalue weighted by atomic mass is 32.2. The van der Waals surface area contributed by atoms with E-state index in [9.17, 15) is 14.0 Å². The number of quaternary nitrogens is 1. The van der Waals surface area contributed by atoms with Gasteiger partial charge >= 0.3 is 0 Å². The molecule has 2 aliphatic rings. The Bertz CT molecular complexity index is 1330. The maximum Gasteiger partial charge on any atom is 0.265 e. The molecule has 2 N–H and O–H groups in total. The summed E-state index contributed by atoms with van der Waals surface area (Å²) in [5.74, 6) is -0.600. The molecule has 3 aromatic rings. The van der Waals surface area contributed by atoms with Crippen molar-refractivity contribution in [2.24, 2.45) is 0 Å². The summed E-state index contributed by atoms with van der Waals surface area (Å²) in [5.41, 5.74) is 2.97. The summed E-state index contributed by atoms with van der Waals surface area (Å²) < 4.78 is 13.5. The van der Waals surface area contributed by atoms with Gasteiger partial charge in [-0.05, 0) is 73.7 Å². The van der Waals surface area contributed by atoms with Gasteiger partial charge in [-0.3, -0.25) is 9.59 Å². The number of carbonyl (C=O) groups excluding carboxylic acids is 2. The number of thioether (sulfide) groups is 1. The maximum absolute atomic E-state index is 13.7. The molecule has 0 bridgehead atoms. The van der Waals surface area contributed by atoms with Crippen LogP contribution in [0, 0.1) is 5.82 Å². The van der Waals surface area contributed by atoms with Crippen LogP contribution in [0.5, 0.6) is 0 Å². The molecule has 2 unspecified atom stereocenters. The number of nitrogens with one attached hydrogen (secondary N) is 2. The van der Waals surface area contributed by atoms with Crippen LogP contribution in [0.25, 0.3) is 6.08 Å². The van der Waals surface area contributed by atoms with E-state index >= 15 is 0 Å². The summed E-state index contributed by atoms with van der Waals surface area (Å²) in [5, 5.41) is 3.07. The Kier molecular flexibility index (Phi) is 8.25. The van der Waals surface area contributed by atoms with E-state index in [2.05, 4.69) is 12.2 Å². The highest BCUT2D eigenvalue weighted by Gasteiger charge is 2.30. The molecular formula is C31H33FN3O2S+. The summed E-state index contributed by atoms with van der Waals surface area (Å²) in [6.07, 6.45) is 5.66. The minimum absolute atomic E-state index is 0.137. The number of halogens is 1. The highest BCUT2D eigenvalue weighted by molar-refractivity contribution is 8.04. The third-order valence-electron chi connectivity index (χ3n) is 7.35. The SMILES string of the molecule is CC1CCCC[NH+]1CCNC(=O)c1ccc2c(c1)N(Cc1ccc(F)cc1)C(=O)C(=Cc1ccccc1)S2. The minimum Gasteiger partial charge on any atom is -0.346 e. The van der Waals surface area contributed by atoms with Crippen molar-refractivity contribution >= 4 is 35.3 Å². The summed E-state index contributed by atoms with van der Waals surface area (Å²) in [7, 11) is 0. The van der Waals surface area contributed by atoms with Crippen molar-refractivity contribution in [1.82, 2.24) is 5.32 Å². The molecule has 0 aromatic heterocycles. The van der Waals surface area contributed by atoms with Crippen molar-refractivity contribution < 1.29 is 18.9 Å². The number of hydrogen-bond donors (Lipinski definition) is 2. The van der Waals surface area contributed by atoms with Gasteiger partial charge in [0.25, 0.3) is 11.8 Å². The summed E-state index contributed by atoms with van der Waals surface area (Å²) in [4.78, 5) is 31.5. The summed E-state index contributed by atoms with van der Waals surface area (Å²) in [6, 6.07) is 22.1. The van der Waals surface area contributed by atoms with E-state index in [1.165, 1.54) is 43.2 Å². The second-order valence-corrected chi connectivity index (χ2v) is 11.1. The third-order valence-corrected chi connectivity index (χ3v) is 8.43. The minimum atomic E-state index is -0.320. The van der Waals surface area contributed by atoms with E-state index in [0.717, 1.165) is 29.1 Å². The smallest absolute Gasteiger partial charge is 0.265 e. The van der Waals surface area contributed by atoms with E-state index < -0.39 is 0 Å². The number of carbonyl (C=O) groups is 2. The van der Waals surface area contributed by atoms with Gasteiger partial charge in [0, 0.05) is 10.5 Å². The Morgan fingerprint density at radius 2 is 1.89 bits per heavy atom. The predicted molar refractivity (Wildman–Crippen MR) is 151 cm³/mol. The van der Waals surface area contributed by atoms with Gasteiger partial charge in [0.2, 0.25) is 0 Å². The first kappa shape index (κ1) is 26.2. The Balaban J connectivity index is 1.38. The molecule has 0 spiro atoms. The van der Waals surface area contributed by atoms with Crippen LogP contribution < -0.4 is 15.1 Å². The first-order valence-corrected chi connectivity index (χ1v) is 14.1. The van der Waals surface area contributed by atoms with Crippen molar-refractivity contribution in [2.45, 2.75) is 43.7 Å². The van der Waals surface area contributed by atoms with Crippen LogP contribution in [-0.2, 0) is 11.3 Å². The molecular weight excluding hydrogens is 497 g/mol. The van der Waals surface area contributed by atoms with Gasteiger partial charge in [0.05, 0.1) is 42.8 Å². The van der Waals surface area contributed by atoms with Crippen LogP contribution >= 0.6 is 11.8 Å². The molecule has 0 radical (unpaired) electrons. The van der Waals surface area contributed by atoms with Crippen LogP contribution in [0.1, 0.15) is 47.7 Å². The monoisotopic (exact) mass is 530 g/mol. The van der Waals surface area contributed by atoms with Gasteiger partial charge in [-0.25, -0.2) is 4.39 Å². The van der Waals surface area contributed by atoms with Crippen LogP contribution in [0.2, 0.25) is 0 Å². The lowest BCUT2D eigenvalue weighted by Crippen LogP contribution is -3.16. The number of piperidine rings is 1. The van der Waals surface area contributed by atoms with Gasteiger partial charge in [0.15, 0.2) is 0 Å². The number of rotatable bonds is 7. The van der Waals surface area contributed by atoms with Crippen molar-refractivity contribution in [3.05, 3.63) is 100 Å². The number of anilines is 1. The fourth-order valence-corrected chi connectivity index (χ4v) is 6.18. The van der Waals surface area contributed by atoms with Crippen LogP contribution in [0.15, 0.2) is 82.6 Å². The average molecular weight is 531 g/mol. The fraction of sp³-hybridized carbons (Fsp3) is 0.290. The van der Waals surface area contributed by atoms with E-state index in [4.69, 9.17) is 0 Å². The van der Waals surface area contributed by atoms with Crippen LogP contribution in [-0.4, -0.2) is 37.5 Å². The Morgan fingerprint density at radius 3 is 2.66 bits per heavy atom. The standard InChI is InChI=1S/C31H32FN3O2S/c1-22-7-5-6-17-34(22)18-16-33-30(36)25-12-15-28-27(20-25)35(21-24-10-13-26(32)14-11-24)31(37)29(38-28)19-23-8-3-2-4-9-23/h2-4,8-15,19-20,22H,5-7,16-18,21H2,1H3,(H,33,36)/p+1. The fourth-order valence-electron chi connectivity index (χ4n) is 5.14. The molecule has 2 atom stereocenters. The van der Waals surface area contributed by atoms with E-state index in [1.54, 1.807) is 28.0 Å². The highest BCUT2D eigenvalue weighted by Crippen LogP contribution is 2.43. The molecule has 0 saturated carbocycles. The Labute approximate surface area is 227 Å². The summed E-state index contributed by atoms with van der Waals surface area (Å²) >= 11 is 1.41. The zero-order valence-electron chi connectivity index (χ0n) is 21.6. The predicted octanol–water partition coefficient (Wildman–Crippen LogP) is 4.69. The molecule has 2 heterocycles. The lowest BCUT2D eigenvalue weighted by atomic mass is 10.0. The summed E-state index contributed by atoms with van der Waals surface area (Å²) in [6.45, 7) is 5.25. The Hall–Kier alpha value is -3.42. The number of nitrogens with zero attached hydrogens (tertiary/aromatic N) is 1. The lowest BCUT2D eigenvalue weighted by molar-refractivity contribution is -0.927. The molecule has 2 amide bonds. The van der Waals surface area contributed by atoms with Crippen LogP contribution in [0.4, 0.5) is 10.1 Å². The quantitative estimate of drug-likeness (QED) is 0.436. The topological polar surface area (TPSA) is 53.9 Å². The second-order valence-electron chi connectivity index (χ2n) is 10.0. The van der Waals surface area contributed by atoms with Gasteiger partial charge < -0.3 is 15.1 Å². The molecule has 38 heavy (non-hydrogen) atoms. The molecule has 7 heteroatoms. The third kappa shape index (κ3) is 6.17. The molecule has 5 nitrogen and oxygen atoms in total. The van der Waals surface area contributed by atoms with Crippen molar-refractivity contribution in [3.8, 4) is 0 Å². The normalized spacial score (nSPS) is 20.3. The molecule has 0 aliphatic carbocycles. The molecule has 3 aromatic carbocycles. The first-order valence-electron chi connectivity index (χ1n) is 13.3. The maximum atomic E-state index is 13.7. The number of benzene rings is 3. The van der Waals surface area contributed by atoms with Gasteiger partial charge in [-0.15, -0.1) is 0 Å². The molecule has 5 rings (SSSR count). The van der Waals surface area contributed by atoms with Crippen molar-refractivity contribution in [1.29, 1.82) is 0 Å². The van der Waals surface area contributed by atoms with E-state index in [-0.39, 0.29) is 24.2 Å². The molecule has 1 saturated heterocycles. The average Bonchev–Trinajstić information content (AvgIpc) is 2.93. The number of likely N-dealkylation sites (tertiary alicyclic amines) is 1.